The minimum absolute atomic E-state index is 0.945. The lowest BCUT2D eigenvalue weighted by atomic mass is 10.1. The van der Waals surface area contributed by atoms with Crippen molar-refractivity contribution >= 4 is 5.71 Å². The molecule has 1 aliphatic rings. The molecule has 0 radical (unpaired) electrons. The minimum atomic E-state index is 0.945. The Morgan fingerprint density at radius 3 is 1.96 bits per heavy atom. The molecular weight excluding hydrogens is 300 g/mol. The van der Waals surface area contributed by atoms with E-state index in [2.05, 4.69) is 68.5 Å². The molecule has 1 aliphatic heterocycles. The Kier molecular flexibility index (Phi) is 9.98. The first kappa shape index (κ1) is 20.9. The third-order valence-corrected chi connectivity index (χ3v) is 3.93. The lowest BCUT2D eigenvalue weighted by Gasteiger charge is -2.28. The number of hydrogen-bond acceptors (Lipinski definition) is 6. The molecule has 6 heteroatoms. The van der Waals surface area contributed by atoms with E-state index in [1.165, 1.54) is 17.8 Å². The maximum atomic E-state index is 4.78. The van der Waals surface area contributed by atoms with Crippen LogP contribution < -0.4 is 5.43 Å². The molecule has 6 nitrogen and oxygen atoms in total. The van der Waals surface area contributed by atoms with Crippen LogP contribution in [0.4, 0.5) is 0 Å². The summed E-state index contributed by atoms with van der Waals surface area (Å²) in [5.74, 6) is 0. The van der Waals surface area contributed by atoms with Crippen molar-refractivity contribution in [2.24, 2.45) is 5.10 Å². The number of hydrogen-bond donors (Lipinski definition) is 1. The molecule has 0 spiro atoms. The first-order valence-electron chi connectivity index (χ1n) is 9.13. The quantitative estimate of drug-likeness (QED) is 0.586. The van der Waals surface area contributed by atoms with Crippen molar-refractivity contribution in [1.29, 1.82) is 0 Å². The van der Waals surface area contributed by atoms with Gasteiger partial charge >= 0.3 is 0 Å². The third kappa shape index (κ3) is 9.90. The molecule has 0 aromatic carbocycles. The third-order valence-electron chi connectivity index (χ3n) is 3.93. The number of hydrazine groups is 1. The summed E-state index contributed by atoms with van der Waals surface area (Å²) in [5.41, 5.74) is 6.00. The predicted molar refractivity (Wildman–Crippen MR) is 104 cm³/mol. The van der Waals surface area contributed by atoms with Crippen molar-refractivity contribution in [1.82, 2.24) is 25.2 Å². The van der Waals surface area contributed by atoms with Gasteiger partial charge in [0.15, 0.2) is 0 Å². The number of nitrogens with one attached hydrogen (secondary N) is 1. The molecule has 1 N–H and O–H groups in total. The second kappa shape index (κ2) is 11.4. The fourth-order valence-corrected chi connectivity index (χ4v) is 2.66. The summed E-state index contributed by atoms with van der Waals surface area (Å²) in [6.07, 6.45) is 7.81. The molecule has 0 aromatic rings. The van der Waals surface area contributed by atoms with Crippen LogP contribution in [-0.2, 0) is 0 Å². The summed E-state index contributed by atoms with van der Waals surface area (Å²) in [6, 6.07) is 0. The van der Waals surface area contributed by atoms with Gasteiger partial charge in [0.2, 0.25) is 0 Å². The summed E-state index contributed by atoms with van der Waals surface area (Å²) in [6.45, 7) is 4.26. The van der Waals surface area contributed by atoms with E-state index in [-0.39, 0.29) is 0 Å². The molecule has 0 amide bonds. The zero-order valence-electron chi connectivity index (χ0n) is 16.7. The molecule has 0 saturated heterocycles. The van der Waals surface area contributed by atoms with Crippen LogP contribution in [0.1, 0.15) is 32.1 Å². The maximum Gasteiger partial charge on any atom is 0.0643 e. The fourth-order valence-electron chi connectivity index (χ4n) is 2.66. The van der Waals surface area contributed by atoms with Crippen LogP contribution >= 0.6 is 0 Å². The number of nitrogens with zero attached hydrogens (tertiary/aromatic N) is 5. The van der Waals surface area contributed by atoms with Gasteiger partial charge in [0, 0.05) is 5.70 Å². The van der Waals surface area contributed by atoms with E-state index in [0.717, 1.165) is 51.9 Å². The topological polar surface area (TPSA) is 37.4 Å². The predicted octanol–water partition coefficient (Wildman–Crippen LogP) is 1.68. The van der Waals surface area contributed by atoms with Crippen molar-refractivity contribution in [2.75, 3.05) is 68.5 Å². The monoisotopic (exact) mass is 338 g/mol. The molecule has 140 valence electrons. The molecule has 0 aromatic heterocycles. The van der Waals surface area contributed by atoms with Crippen molar-refractivity contribution in [3.05, 3.63) is 11.8 Å². The average Bonchev–Trinajstić information content (AvgIpc) is 2.46. The highest BCUT2D eigenvalue weighted by Gasteiger charge is 2.13. The second-order valence-electron chi connectivity index (χ2n) is 7.47. The SMILES string of the molecule is CN(C)CCCC1=CC(CCCN(C)C)=NN(CCCN(C)C)N1. The lowest BCUT2D eigenvalue weighted by molar-refractivity contribution is 0.201. The Bertz CT molecular complexity index is 400. The van der Waals surface area contributed by atoms with E-state index in [4.69, 9.17) is 5.10 Å². The van der Waals surface area contributed by atoms with Crippen LogP contribution in [0.25, 0.3) is 0 Å². The van der Waals surface area contributed by atoms with Gasteiger partial charge in [0.25, 0.3) is 0 Å². The first-order valence-corrected chi connectivity index (χ1v) is 9.13. The number of rotatable bonds is 12. The highest BCUT2D eigenvalue weighted by molar-refractivity contribution is 5.95. The van der Waals surface area contributed by atoms with E-state index in [1.54, 1.807) is 0 Å². The molecule has 0 fully saturated rings. The van der Waals surface area contributed by atoms with Crippen molar-refractivity contribution < 1.29 is 0 Å². The molecule has 24 heavy (non-hydrogen) atoms. The Morgan fingerprint density at radius 2 is 1.38 bits per heavy atom. The van der Waals surface area contributed by atoms with Crippen LogP contribution in [-0.4, -0.2) is 94.0 Å². The molecule has 1 rings (SSSR count). The van der Waals surface area contributed by atoms with Crippen molar-refractivity contribution in [2.45, 2.75) is 32.1 Å². The summed E-state index contributed by atoms with van der Waals surface area (Å²) in [5, 5.41) is 6.83. The smallest absolute Gasteiger partial charge is 0.0643 e. The normalized spacial score (nSPS) is 15.1. The Hall–Kier alpha value is -1.11. The summed E-state index contributed by atoms with van der Waals surface area (Å²) < 4.78 is 0. The van der Waals surface area contributed by atoms with Gasteiger partial charge in [-0.2, -0.15) is 5.10 Å². The van der Waals surface area contributed by atoms with Gasteiger partial charge in [0.1, 0.15) is 0 Å². The molecule has 0 bridgehead atoms. The van der Waals surface area contributed by atoms with E-state index >= 15 is 0 Å². The van der Waals surface area contributed by atoms with E-state index in [9.17, 15) is 0 Å². The lowest BCUT2D eigenvalue weighted by Crippen LogP contribution is -2.38. The van der Waals surface area contributed by atoms with Crippen molar-refractivity contribution in [3.63, 3.8) is 0 Å². The zero-order chi connectivity index (χ0) is 17.9. The van der Waals surface area contributed by atoms with Crippen LogP contribution in [0.3, 0.4) is 0 Å². The summed E-state index contributed by atoms with van der Waals surface area (Å²) >= 11 is 0. The highest BCUT2D eigenvalue weighted by Crippen LogP contribution is 2.12. The highest BCUT2D eigenvalue weighted by atomic mass is 15.7. The molecule has 0 saturated carbocycles. The van der Waals surface area contributed by atoms with Gasteiger partial charge in [-0.25, -0.2) is 5.12 Å². The number of allylic oxidation sites excluding steroid dienone is 2. The first-order chi connectivity index (χ1) is 11.4. The molecule has 0 aliphatic carbocycles. The Labute approximate surface area is 149 Å². The van der Waals surface area contributed by atoms with Crippen LogP contribution in [0.15, 0.2) is 16.9 Å². The van der Waals surface area contributed by atoms with E-state index in [1.807, 2.05) is 5.12 Å². The second-order valence-corrected chi connectivity index (χ2v) is 7.47. The van der Waals surface area contributed by atoms with Gasteiger partial charge in [-0.15, -0.1) is 0 Å². The minimum Gasteiger partial charge on any atom is -0.309 e. The van der Waals surface area contributed by atoms with E-state index in [0.29, 0.717) is 0 Å². The molecule has 0 atom stereocenters. The zero-order valence-corrected chi connectivity index (χ0v) is 16.7. The van der Waals surface area contributed by atoms with Crippen LogP contribution in [0.5, 0.6) is 0 Å². The average molecular weight is 339 g/mol. The Balaban J connectivity index is 2.55. The van der Waals surface area contributed by atoms with E-state index < -0.39 is 0 Å². The molecular formula is C18H38N6. The van der Waals surface area contributed by atoms with Gasteiger partial charge in [-0.3, -0.25) is 5.43 Å². The van der Waals surface area contributed by atoms with Crippen LogP contribution in [0, 0.1) is 0 Å². The largest absolute Gasteiger partial charge is 0.309 e. The van der Waals surface area contributed by atoms with Gasteiger partial charge < -0.3 is 14.7 Å². The number of hydrazone groups is 1. The van der Waals surface area contributed by atoms with Crippen LogP contribution in [0.2, 0.25) is 0 Å². The van der Waals surface area contributed by atoms with Gasteiger partial charge in [-0.05, 0) is 100 Å². The van der Waals surface area contributed by atoms with Crippen molar-refractivity contribution in [3.8, 4) is 0 Å². The van der Waals surface area contributed by atoms with Gasteiger partial charge in [0.05, 0.1) is 12.3 Å². The summed E-state index contributed by atoms with van der Waals surface area (Å²) in [4.78, 5) is 6.70. The standard InChI is InChI=1S/C18H38N6/c1-21(2)12-7-10-17-16-18(11-8-13-22(3)4)20-24(19-17)15-9-14-23(5)6/h16,19H,7-15H2,1-6H3. The maximum absolute atomic E-state index is 4.78. The van der Waals surface area contributed by atoms with Gasteiger partial charge in [-0.1, -0.05) is 0 Å². The molecule has 0 unspecified atom stereocenters. The fraction of sp³-hybridized carbons (Fsp3) is 0.833. The molecule has 1 heterocycles. The summed E-state index contributed by atoms with van der Waals surface area (Å²) in [7, 11) is 12.7. The Morgan fingerprint density at radius 1 is 0.833 bits per heavy atom.